The van der Waals surface area contributed by atoms with Crippen molar-refractivity contribution in [2.75, 3.05) is 7.11 Å². The van der Waals surface area contributed by atoms with E-state index >= 15 is 0 Å². The van der Waals surface area contributed by atoms with Crippen LogP contribution in [0.4, 0.5) is 23.0 Å². The average Bonchev–Trinajstić information content (AvgIpc) is 2.74. The van der Waals surface area contributed by atoms with Gasteiger partial charge in [-0.2, -0.15) is 0 Å². The summed E-state index contributed by atoms with van der Waals surface area (Å²) in [6, 6.07) is 22.9. The summed E-state index contributed by atoms with van der Waals surface area (Å²) in [5, 5.41) is 11.5. The van der Waals surface area contributed by atoms with Crippen LogP contribution in [0.3, 0.4) is 0 Å². The highest BCUT2D eigenvalue weighted by molar-refractivity contribution is 6.50. The van der Waals surface area contributed by atoms with Gasteiger partial charge in [-0.05, 0) is 55.5 Å². The topological polar surface area (TPSA) is 56.6 Å². The van der Waals surface area contributed by atoms with Crippen molar-refractivity contribution in [2.24, 2.45) is 0 Å². The number of nitrogens with one attached hydrogen (secondary N) is 1. The van der Waals surface area contributed by atoms with Gasteiger partial charge in [0.25, 0.3) is 0 Å². The molecule has 32 heavy (non-hydrogen) atoms. The predicted molar refractivity (Wildman–Crippen MR) is 115 cm³/mol. The SMILES string of the molecule is COc1ccc(-c2cc(=[NH+]c3ccc(O)cc3)c3cc(C)ccc3o2)cc1.F[B-](F)(F)F. The lowest BCUT2D eigenvalue weighted by Gasteiger charge is -2.05. The van der Waals surface area contributed by atoms with Crippen molar-refractivity contribution in [3.05, 3.63) is 83.7 Å². The van der Waals surface area contributed by atoms with E-state index in [2.05, 4.69) is 18.0 Å². The van der Waals surface area contributed by atoms with Gasteiger partial charge >= 0.3 is 7.25 Å². The average molecular weight is 445 g/mol. The van der Waals surface area contributed by atoms with E-state index in [4.69, 9.17) is 9.15 Å². The zero-order chi connectivity index (χ0) is 23.3. The first-order valence-electron chi connectivity index (χ1n) is 9.58. The summed E-state index contributed by atoms with van der Waals surface area (Å²) in [6.45, 7) is 2.06. The first-order chi connectivity index (χ1) is 15.1. The van der Waals surface area contributed by atoms with Crippen molar-refractivity contribution >= 4 is 23.9 Å². The molecule has 166 valence electrons. The summed E-state index contributed by atoms with van der Waals surface area (Å²) in [5.74, 6) is 1.80. The Hall–Kier alpha value is -3.75. The van der Waals surface area contributed by atoms with Gasteiger partial charge in [-0.15, -0.1) is 0 Å². The Kier molecular flexibility index (Phi) is 6.87. The smallest absolute Gasteiger partial charge is 0.508 e. The molecular formula is C23H20BF4NO3. The normalized spacial score (nSPS) is 11.8. The molecule has 9 heteroatoms. The highest BCUT2D eigenvalue weighted by atomic mass is 19.5. The molecule has 0 saturated carbocycles. The third-order valence-electron chi connectivity index (χ3n) is 4.44. The summed E-state index contributed by atoms with van der Waals surface area (Å²) in [7, 11) is -4.35. The van der Waals surface area contributed by atoms with Crippen LogP contribution in [-0.4, -0.2) is 19.5 Å². The minimum absolute atomic E-state index is 0.239. The second-order valence-corrected chi connectivity index (χ2v) is 6.92. The van der Waals surface area contributed by atoms with Gasteiger partial charge in [0, 0.05) is 17.7 Å². The van der Waals surface area contributed by atoms with E-state index in [-0.39, 0.29) is 5.75 Å². The first-order valence-corrected chi connectivity index (χ1v) is 9.58. The zero-order valence-electron chi connectivity index (χ0n) is 17.3. The first kappa shape index (κ1) is 22.9. The second-order valence-electron chi connectivity index (χ2n) is 6.92. The number of fused-ring (bicyclic) bond motifs is 1. The third kappa shape index (κ3) is 6.37. The molecule has 0 spiro atoms. The van der Waals surface area contributed by atoms with E-state index in [1.807, 2.05) is 54.6 Å². The summed E-state index contributed by atoms with van der Waals surface area (Å²) in [6.07, 6.45) is 0. The monoisotopic (exact) mass is 445 g/mol. The van der Waals surface area contributed by atoms with Crippen LogP contribution in [0, 0.1) is 6.92 Å². The van der Waals surface area contributed by atoms with Crippen LogP contribution in [-0.2, 0) is 0 Å². The van der Waals surface area contributed by atoms with Gasteiger partial charge in [-0.3, -0.25) is 0 Å². The van der Waals surface area contributed by atoms with Gasteiger partial charge in [0.15, 0.2) is 0 Å². The van der Waals surface area contributed by atoms with E-state index in [1.165, 1.54) is 0 Å². The molecule has 0 radical (unpaired) electrons. The van der Waals surface area contributed by atoms with Gasteiger partial charge in [-0.1, -0.05) is 11.6 Å². The van der Waals surface area contributed by atoms with Crippen molar-refractivity contribution in [3.63, 3.8) is 0 Å². The molecule has 3 aromatic carbocycles. The third-order valence-corrected chi connectivity index (χ3v) is 4.44. The van der Waals surface area contributed by atoms with Crippen molar-refractivity contribution in [3.8, 4) is 22.8 Å². The Labute approximate surface area is 181 Å². The maximum Gasteiger partial charge on any atom is 0.673 e. The van der Waals surface area contributed by atoms with E-state index < -0.39 is 7.25 Å². The minimum Gasteiger partial charge on any atom is -0.508 e. The number of rotatable bonds is 3. The fourth-order valence-corrected chi connectivity index (χ4v) is 3.00. The minimum atomic E-state index is -6.00. The Bertz CT molecular complexity index is 1260. The van der Waals surface area contributed by atoms with Crippen molar-refractivity contribution in [1.29, 1.82) is 0 Å². The fourth-order valence-electron chi connectivity index (χ4n) is 3.00. The summed E-state index contributed by atoms with van der Waals surface area (Å²) in [5.41, 5.74) is 3.81. The lowest BCUT2D eigenvalue weighted by atomic mass is 10.1. The number of phenolic OH excluding ortho intramolecular Hbond substituents is 1. The predicted octanol–water partition coefficient (Wildman–Crippen LogP) is 4.74. The Morgan fingerprint density at radius 1 is 0.875 bits per heavy atom. The molecule has 1 aromatic heterocycles. The molecular weight excluding hydrogens is 425 g/mol. The van der Waals surface area contributed by atoms with Gasteiger partial charge in [-0.25, -0.2) is 4.99 Å². The number of phenols is 1. The quantitative estimate of drug-likeness (QED) is 0.272. The Morgan fingerprint density at radius 2 is 1.50 bits per heavy atom. The van der Waals surface area contributed by atoms with E-state index in [0.29, 0.717) is 0 Å². The molecule has 0 aliphatic carbocycles. The molecule has 4 rings (SSSR count). The largest absolute Gasteiger partial charge is 0.673 e. The lowest BCUT2D eigenvalue weighted by molar-refractivity contribution is -0.400. The van der Waals surface area contributed by atoms with Crippen molar-refractivity contribution in [2.45, 2.75) is 6.92 Å². The van der Waals surface area contributed by atoms with E-state index in [0.717, 1.165) is 44.7 Å². The van der Waals surface area contributed by atoms with E-state index in [1.54, 1.807) is 19.2 Å². The molecule has 0 unspecified atom stereocenters. The number of benzene rings is 3. The molecule has 0 aliphatic heterocycles. The van der Waals surface area contributed by atoms with Crippen LogP contribution in [0.25, 0.3) is 22.3 Å². The molecule has 0 amide bonds. The van der Waals surface area contributed by atoms with Crippen LogP contribution < -0.4 is 15.1 Å². The van der Waals surface area contributed by atoms with Gasteiger partial charge < -0.3 is 31.5 Å². The van der Waals surface area contributed by atoms with Crippen LogP contribution in [0.15, 0.2) is 77.2 Å². The van der Waals surface area contributed by atoms with Crippen molar-refractivity contribution < 1.29 is 36.5 Å². The molecule has 0 fully saturated rings. The maximum atomic E-state index is 9.75. The van der Waals surface area contributed by atoms with Gasteiger partial charge in [0.1, 0.15) is 22.8 Å². The second kappa shape index (κ2) is 9.59. The molecule has 0 saturated heterocycles. The number of ether oxygens (including phenoxy) is 1. The standard InChI is InChI=1S/C23H19NO3.BF4/c1-15-3-12-22-20(13-15)21(24-17-6-8-18(25)9-7-17)14-23(27-22)16-4-10-19(26-2)11-5-16;2-1(3,4)5/h3-14,25H,1-2H3;/q;-1/p+1. The van der Waals surface area contributed by atoms with Crippen LogP contribution >= 0.6 is 0 Å². The summed E-state index contributed by atoms with van der Waals surface area (Å²) in [4.78, 5) is 3.44. The van der Waals surface area contributed by atoms with Gasteiger partial charge in [0.05, 0.1) is 18.6 Å². The van der Waals surface area contributed by atoms with Crippen LogP contribution in [0.2, 0.25) is 0 Å². The molecule has 0 bridgehead atoms. The highest BCUT2D eigenvalue weighted by Gasteiger charge is 2.20. The molecule has 1 heterocycles. The van der Waals surface area contributed by atoms with E-state index in [9.17, 15) is 22.4 Å². The Morgan fingerprint density at radius 3 is 2.09 bits per heavy atom. The fraction of sp³-hybridized carbons (Fsp3) is 0.0870. The summed E-state index contributed by atoms with van der Waals surface area (Å²) < 4.78 is 50.4. The molecule has 0 atom stereocenters. The number of aromatic hydroxyl groups is 1. The highest BCUT2D eigenvalue weighted by Crippen LogP contribution is 2.24. The molecule has 0 aliphatic rings. The van der Waals surface area contributed by atoms with Crippen LogP contribution in [0.1, 0.15) is 5.56 Å². The lowest BCUT2D eigenvalue weighted by Crippen LogP contribution is -2.70. The maximum absolute atomic E-state index is 9.75. The number of halogens is 4. The van der Waals surface area contributed by atoms with Gasteiger partial charge in [0.2, 0.25) is 11.0 Å². The number of aryl methyl sites for hydroxylation is 1. The number of hydrogen-bond donors (Lipinski definition) is 2. The van der Waals surface area contributed by atoms with Crippen LogP contribution in [0.5, 0.6) is 11.5 Å². The Balaban J connectivity index is 0.000000523. The number of hydrogen-bond acceptors (Lipinski definition) is 3. The molecule has 2 N–H and O–H groups in total. The zero-order valence-corrected chi connectivity index (χ0v) is 17.3. The molecule has 4 nitrogen and oxygen atoms in total. The molecule has 4 aromatic rings. The number of methoxy groups -OCH3 is 1. The summed E-state index contributed by atoms with van der Waals surface area (Å²) >= 11 is 0. The van der Waals surface area contributed by atoms with Crippen molar-refractivity contribution in [1.82, 2.24) is 0 Å².